The number of ketones is 1. The largest absolute Gasteiger partial charge is 0.289 e. The summed E-state index contributed by atoms with van der Waals surface area (Å²) < 4.78 is 26.5. The second kappa shape index (κ2) is 4.78. The molecule has 0 saturated carbocycles. The van der Waals surface area contributed by atoms with Gasteiger partial charge in [-0.3, -0.25) is 4.79 Å². The van der Waals surface area contributed by atoms with E-state index in [9.17, 15) is 13.6 Å². The molecule has 1 aromatic rings. The van der Waals surface area contributed by atoms with Crippen LogP contribution in [0.3, 0.4) is 0 Å². The van der Waals surface area contributed by atoms with Gasteiger partial charge in [-0.15, -0.1) is 0 Å². The zero-order valence-electron chi connectivity index (χ0n) is 9.67. The molecule has 0 saturated heterocycles. The van der Waals surface area contributed by atoms with Crippen LogP contribution in [0.5, 0.6) is 0 Å². The second-order valence-electron chi connectivity index (χ2n) is 4.54. The summed E-state index contributed by atoms with van der Waals surface area (Å²) in [5.74, 6) is -1.84. The van der Waals surface area contributed by atoms with Gasteiger partial charge in [0.15, 0.2) is 17.4 Å². The molecule has 1 aliphatic carbocycles. The van der Waals surface area contributed by atoms with Crippen molar-refractivity contribution in [2.45, 2.75) is 26.2 Å². The molecule has 3 heteroatoms. The Balaban J connectivity index is 2.29. The highest BCUT2D eigenvalue weighted by Crippen LogP contribution is 2.26. The van der Waals surface area contributed by atoms with Crippen LogP contribution in [0.2, 0.25) is 0 Å². The number of allylic oxidation sites excluding steroid dienone is 2. The highest BCUT2D eigenvalue weighted by molar-refractivity contribution is 6.08. The van der Waals surface area contributed by atoms with Gasteiger partial charge in [0.2, 0.25) is 0 Å². The minimum atomic E-state index is -1.04. The van der Waals surface area contributed by atoms with Crippen LogP contribution in [-0.4, -0.2) is 5.78 Å². The summed E-state index contributed by atoms with van der Waals surface area (Å²) in [4.78, 5) is 12.0. The minimum Gasteiger partial charge on any atom is -0.289 e. The molecule has 1 unspecified atom stereocenters. The molecule has 1 aliphatic rings. The fourth-order valence-electron chi connectivity index (χ4n) is 2.02. The molecule has 0 bridgehead atoms. The van der Waals surface area contributed by atoms with Gasteiger partial charge in [0.25, 0.3) is 0 Å². The predicted octanol–water partition coefficient (Wildman–Crippen LogP) is 3.89. The Morgan fingerprint density at radius 3 is 2.76 bits per heavy atom. The molecular weight excluding hydrogens is 222 g/mol. The molecule has 0 aliphatic heterocycles. The lowest BCUT2D eigenvalue weighted by Gasteiger charge is -2.17. The molecule has 17 heavy (non-hydrogen) atoms. The number of hydrogen-bond donors (Lipinski definition) is 0. The SMILES string of the molecule is CC1CC=C(C(=O)c2cccc(F)c2F)CC1. The van der Waals surface area contributed by atoms with E-state index in [1.807, 2.05) is 6.08 Å². The molecular formula is C14H14F2O. The summed E-state index contributed by atoms with van der Waals surface area (Å²) in [5.41, 5.74) is 0.443. The van der Waals surface area contributed by atoms with Crippen LogP contribution in [0.4, 0.5) is 8.78 Å². The van der Waals surface area contributed by atoms with Crippen LogP contribution >= 0.6 is 0 Å². The van der Waals surface area contributed by atoms with E-state index in [4.69, 9.17) is 0 Å². The molecule has 90 valence electrons. The van der Waals surface area contributed by atoms with E-state index in [2.05, 4.69) is 6.92 Å². The Kier molecular flexibility index (Phi) is 3.36. The van der Waals surface area contributed by atoms with E-state index in [1.54, 1.807) is 0 Å². The molecule has 1 aromatic carbocycles. The maximum absolute atomic E-state index is 13.5. The highest BCUT2D eigenvalue weighted by atomic mass is 19.2. The normalized spacial score (nSPS) is 19.9. The van der Waals surface area contributed by atoms with Gasteiger partial charge in [-0.1, -0.05) is 19.1 Å². The molecule has 1 atom stereocenters. The van der Waals surface area contributed by atoms with Crippen molar-refractivity contribution in [2.24, 2.45) is 5.92 Å². The van der Waals surface area contributed by atoms with Crippen molar-refractivity contribution in [3.63, 3.8) is 0 Å². The molecule has 0 radical (unpaired) electrons. The van der Waals surface area contributed by atoms with Crippen molar-refractivity contribution in [1.82, 2.24) is 0 Å². The van der Waals surface area contributed by atoms with Crippen molar-refractivity contribution in [1.29, 1.82) is 0 Å². The third-order valence-corrected chi connectivity index (χ3v) is 3.16. The van der Waals surface area contributed by atoms with E-state index >= 15 is 0 Å². The van der Waals surface area contributed by atoms with Gasteiger partial charge in [0.05, 0.1) is 5.56 Å². The molecule has 0 aromatic heterocycles. The summed E-state index contributed by atoms with van der Waals surface area (Å²) in [7, 11) is 0. The maximum Gasteiger partial charge on any atom is 0.191 e. The Labute approximate surface area is 99.1 Å². The standard InChI is InChI=1S/C14H14F2O/c1-9-5-7-10(8-6-9)14(17)11-3-2-4-12(15)13(11)16/h2-4,7,9H,5-6,8H2,1H3. The zero-order chi connectivity index (χ0) is 12.4. The van der Waals surface area contributed by atoms with E-state index in [0.29, 0.717) is 17.9 Å². The number of benzene rings is 1. The monoisotopic (exact) mass is 236 g/mol. The van der Waals surface area contributed by atoms with Crippen molar-refractivity contribution in [3.05, 3.63) is 47.0 Å². The molecule has 2 rings (SSSR count). The molecule has 0 spiro atoms. The van der Waals surface area contributed by atoms with Crippen molar-refractivity contribution < 1.29 is 13.6 Å². The van der Waals surface area contributed by atoms with Crippen LogP contribution in [0.1, 0.15) is 36.5 Å². The summed E-state index contributed by atoms with van der Waals surface area (Å²) >= 11 is 0. The topological polar surface area (TPSA) is 17.1 Å². The van der Waals surface area contributed by atoms with Crippen LogP contribution in [0.25, 0.3) is 0 Å². The first-order valence-electron chi connectivity index (χ1n) is 5.77. The van der Waals surface area contributed by atoms with Crippen molar-refractivity contribution >= 4 is 5.78 Å². The second-order valence-corrected chi connectivity index (χ2v) is 4.54. The van der Waals surface area contributed by atoms with Gasteiger partial charge in [-0.05, 0) is 42.9 Å². The number of carbonyl (C=O) groups excluding carboxylic acids is 1. The number of carbonyl (C=O) groups is 1. The van der Waals surface area contributed by atoms with E-state index in [-0.39, 0.29) is 11.3 Å². The van der Waals surface area contributed by atoms with E-state index in [0.717, 1.165) is 18.9 Å². The third kappa shape index (κ3) is 2.43. The Bertz CT molecular complexity index is 477. The third-order valence-electron chi connectivity index (χ3n) is 3.16. The zero-order valence-corrected chi connectivity index (χ0v) is 9.67. The Morgan fingerprint density at radius 1 is 1.35 bits per heavy atom. The van der Waals surface area contributed by atoms with Gasteiger partial charge in [0.1, 0.15) is 0 Å². The molecule has 0 fully saturated rings. The number of rotatable bonds is 2. The van der Waals surface area contributed by atoms with E-state index in [1.165, 1.54) is 12.1 Å². The summed E-state index contributed by atoms with van der Waals surface area (Å²) in [6.45, 7) is 2.11. The van der Waals surface area contributed by atoms with Gasteiger partial charge >= 0.3 is 0 Å². The van der Waals surface area contributed by atoms with Crippen molar-refractivity contribution in [2.75, 3.05) is 0 Å². The fourth-order valence-corrected chi connectivity index (χ4v) is 2.02. The van der Waals surface area contributed by atoms with Crippen LogP contribution in [0.15, 0.2) is 29.8 Å². The molecule has 0 amide bonds. The lowest BCUT2D eigenvalue weighted by Crippen LogP contribution is -2.12. The molecule has 0 heterocycles. The van der Waals surface area contributed by atoms with Gasteiger partial charge < -0.3 is 0 Å². The fraction of sp³-hybridized carbons (Fsp3) is 0.357. The number of halogens is 2. The summed E-state index contributed by atoms with van der Waals surface area (Å²) in [6.07, 6.45) is 4.25. The van der Waals surface area contributed by atoms with E-state index < -0.39 is 11.6 Å². The number of Topliss-reactive ketones (excluding diaryl/α,β-unsaturated/α-hetero) is 1. The summed E-state index contributed by atoms with van der Waals surface area (Å²) in [5, 5.41) is 0. The lowest BCUT2D eigenvalue weighted by atomic mass is 9.87. The van der Waals surface area contributed by atoms with Gasteiger partial charge in [-0.2, -0.15) is 0 Å². The Morgan fingerprint density at radius 2 is 2.12 bits per heavy atom. The first-order chi connectivity index (χ1) is 8.09. The number of hydrogen-bond acceptors (Lipinski definition) is 1. The predicted molar refractivity (Wildman–Crippen MR) is 61.8 cm³/mol. The molecule has 1 nitrogen and oxygen atoms in total. The van der Waals surface area contributed by atoms with Gasteiger partial charge in [0, 0.05) is 0 Å². The van der Waals surface area contributed by atoms with Gasteiger partial charge in [-0.25, -0.2) is 8.78 Å². The van der Waals surface area contributed by atoms with Crippen LogP contribution in [-0.2, 0) is 0 Å². The summed E-state index contributed by atoms with van der Waals surface area (Å²) in [6, 6.07) is 3.71. The minimum absolute atomic E-state index is 0.161. The first-order valence-corrected chi connectivity index (χ1v) is 5.77. The average Bonchev–Trinajstić information content (AvgIpc) is 2.33. The quantitative estimate of drug-likeness (QED) is 0.712. The lowest BCUT2D eigenvalue weighted by molar-refractivity contribution is 0.102. The molecule has 0 N–H and O–H groups in total. The average molecular weight is 236 g/mol. The smallest absolute Gasteiger partial charge is 0.191 e. The van der Waals surface area contributed by atoms with Crippen LogP contribution in [0, 0.1) is 17.6 Å². The van der Waals surface area contributed by atoms with Crippen LogP contribution < -0.4 is 0 Å². The Hall–Kier alpha value is -1.51. The maximum atomic E-state index is 13.5. The first kappa shape index (κ1) is 12.0. The van der Waals surface area contributed by atoms with Crippen molar-refractivity contribution in [3.8, 4) is 0 Å². The highest BCUT2D eigenvalue weighted by Gasteiger charge is 2.21.